The molecule has 2 atom stereocenters. The summed E-state index contributed by atoms with van der Waals surface area (Å²) < 4.78 is 1.97. The first-order valence-corrected chi connectivity index (χ1v) is 11.9. The molecule has 7 nitrogen and oxygen atoms in total. The van der Waals surface area contributed by atoms with E-state index in [2.05, 4.69) is 57.5 Å². The first kappa shape index (κ1) is 24.2. The molecule has 3 N–H and O–H groups in total. The first-order chi connectivity index (χ1) is 14.8. The van der Waals surface area contributed by atoms with Gasteiger partial charge in [0.05, 0.1) is 16.8 Å². The Bertz CT molecular complexity index is 1020. The van der Waals surface area contributed by atoms with Gasteiger partial charge in [-0.25, -0.2) is 9.55 Å². The van der Waals surface area contributed by atoms with Crippen LogP contribution in [0.15, 0.2) is 18.3 Å². The van der Waals surface area contributed by atoms with Crippen LogP contribution in [-0.4, -0.2) is 35.9 Å². The van der Waals surface area contributed by atoms with Crippen LogP contribution in [0.25, 0.3) is 10.6 Å². The highest BCUT2D eigenvalue weighted by molar-refractivity contribution is 7.17. The first-order valence-electron chi connectivity index (χ1n) is 11.1. The van der Waals surface area contributed by atoms with E-state index in [9.17, 15) is 9.59 Å². The zero-order chi connectivity index (χ0) is 23.8. The van der Waals surface area contributed by atoms with Gasteiger partial charge in [-0.05, 0) is 29.9 Å². The van der Waals surface area contributed by atoms with E-state index in [4.69, 9.17) is 4.98 Å². The van der Waals surface area contributed by atoms with E-state index in [1.54, 1.807) is 0 Å². The van der Waals surface area contributed by atoms with E-state index in [0.717, 1.165) is 22.1 Å². The Labute approximate surface area is 195 Å². The van der Waals surface area contributed by atoms with Crippen molar-refractivity contribution in [3.63, 3.8) is 0 Å². The van der Waals surface area contributed by atoms with Gasteiger partial charge in [0.25, 0.3) is 11.7 Å². The van der Waals surface area contributed by atoms with Gasteiger partial charge in [0.1, 0.15) is 30.0 Å². The van der Waals surface area contributed by atoms with Crippen molar-refractivity contribution in [2.45, 2.75) is 60.4 Å². The molecule has 32 heavy (non-hydrogen) atoms. The molecular weight excluding hydrogens is 422 g/mol. The van der Waals surface area contributed by atoms with E-state index in [-0.39, 0.29) is 34.6 Å². The molecule has 3 heterocycles. The summed E-state index contributed by atoms with van der Waals surface area (Å²) >= 11 is 1.41. The van der Waals surface area contributed by atoms with Crippen molar-refractivity contribution < 1.29 is 14.2 Å². The molecule has 0 radical (unpaired) electrons. The third kappa shape index (κ3) is 5.46. The van der Waals surface area contributed by atoms with Gasteiger partial charge in [0.15, 0.2) is 0 Å². The van der Waals surface area contributed by atoms with Gasteiger partial charge < -0.3 is 10.6 Å². The average Bonchev–Trinajstić information content (AvgIpc) is 3.32. The summed E-state index contributed by atoms with van der Waals surface area (Å²) in [4.78, 5) is 31.9. The number of carbonyl (C=O) groups is 2. The van der Waals surface area contributed by atoms with Crippen LogP contribution in [0.4, 0.5) is 5.82 Å². The third-order valence-electron chi connectivity index (χ3n) is 5.79. The fourth-order valence-corrected chi connectivity index (χ4v) is 4.17. The van der Waals surface area contributed by atoms with Crippen LogP contribution in [0.3, 0.4) is 0 Å². The van der Waals surface area contributed by atoms with Gasteiger partial charge >= 0.3 is 0 Å². The largest absolute Gasteiger partial charge is 0.352 e. The van der Waals surface area contributed by atoms with Crippen LogP contribution in [-0.2, 0) is 11.8 Å². The normalized spacial score (nSPS) is 16.8. The predicted octanol–water partition coefficient (Wildman–Crippen LogP) is 3.47. The maximum Gasteiger partial charge on any atom is 0.297 e. The smallest absolute Gasteiger partial charge is 0.297 e. The number of aromatic nitrogens is 2. The summed E-state index contributed by atoms with van der Waals surface area (Å²) in [5, 5.41) is 9.46. The third-order valence-corrected chi connectivity index (χ3v) is 6.90. The number of nitrogens with one attached hydrogen (secondary N) is 3. The van der Waals surface area contributed by atoms with Gasteiger partial charge in [-0.2, -0.15) is 0 Å². The summed E-state index contributed by atoms with van der Waals surface area (Å²) in [6, 6.07) is 3.80. The van der Waals surface area contributed by atoms with Gasteiger partial charge in [0, 0.05) is 12.6 Å². The minimum absolute atomic E-state index is 0.0169. The number of hydrogen-bond acceptors (Lipinski definition) is 5. The van der Waals surface area contributed by atoms with E-state index >= 15 is 0 Å². The van der Waals surface area contributed by atoms with Crippen molar-refractivity contribution in [1.82, 2.24) is 15.6 Å². The second kappa shape index (κ2) is 8.81. The van der Waals surface area contributed by atoms with Crippen LogP contribution < -0.4 is 20.5 Å². The lowest BCUT2D eigenvalue weighted by atomic mass is 9.87. The maximum absolute atomic E-state index is 13.0. The van der Waals surface area contributed by atoms with E-state index in [0.29, 0.717) is 18.0 Å². The number of nitrogens with zero attached hydrogens (tertiary/aromatic N) is 2. The fraction of sp³-hybridized carbons (Fsp3) is 0.583. The Balaban J connectivity index is 1.82. The molecule has 1 aliphatic rings. The number of thiophene rings is 1. The fourth-order valence-electron chi connectivity index (χ4n) is 3.29. The Kier molecular flexibility index (Phi) is 6.65. The standard InChI is InChI=1S/C24H35N5O2S/c1-14(24(5,6)7)27-21(30)15-11-25-20-19(15)28-16(12-29(20)8)17-9-10-18(32-17)22(31)26-13-23(2,3)4/h9-10,12,14-15H,11,13H2,1-8H3,(H2,26,27,30,31)/p+1. The molecule has 174 valence electrons. The molecule has 0 spiro atoms. The molecule has 8 heteroatoms. The van der Waals surface area contributed by atoms with Crippen LogP contribution in [0, 0.1) is 10.8 Å². The molecule has 2 aromatic heterocycles. The molecule has 1 aliphatic heterocycles. The number of hydrogen-bond donors (Lipinski definition) is 3. The van der Waals surface area contributed by atoms with Crippen LogP contribution in [0.1, 0.15) is 69.7 Å². The van der Waals surface area contributed by atoms with E-state index in [1.807, 2.05) is 36.9 Å². The van der Waals surface area contributed by atoms with Crippen LogP contribution >= 0.6 is 11.3 Å². The SMILES string of the molecule is CC(NC(=O)C1CNc2c1nc(-c1ccc(C(=O)NCC(C)(C)C)s1)c[n+]2C)C(C)(C)C. The molecule has 2 aromatic rings. The van der Waals surface area contributed by atoms with Gasteiger partial charge in [-0.3, -0.25) is 14.9 Å². The minimum atomic E-state index is -0.351. The van der Waals surface area contributed by atoms with Crippen molar-refractivity contribution in [1.29, 1.82) is 0 Å². The molecule has 0 saturated heterocycles. The van der Waals surface area contributed by atoms with Crippen LogP contribution in [0.2, 0.25) is 0 Å². The molecule has 0 aromatic carbocycles. The highest BCUT2D eigenvalue weighted by Crippen LogP contribution is 2.32. The number of carbonyl (C=O) groups excluding carboxylic acids is 2. The zero-order valence-electron chi connectivity index (χ0n) is 20.4. The van der Waals surface area contributed by atoms with Crippen molar-refractivity contribution in [2.75, 3.05) is 18.4 Å². The molecular formula is C24H36N5O2S+. The van der Waals surface area contributed by atoms with E-state index in [1.165, 1.54) is 11.3 Å². The molecule has 0 fully saturated rings. The number of amides is 2. The van der Waals surface area contributed by atoms with Gasteiger partial charge in [0.2, 0.25) is 5.91 Å². The van der Waals surface area contributed by atoms with Crippen molar-refractivity contribution >= 4 is 29.0 Å². The van der Waals surface area contributed by atoms with Gasteiger partial charge in [-0.1, -0.05) is 41.5 Å². The van der Waals surface area contributed by atoms with E-state index < -0.39 is 0 Å². The minimum Gasteiger partial charge on any atom is -0.352 e. The van der Waals surface area contributed by atoms with Crippen molar-refractivity contribution in [3.8, 4) is 10.6 Å². The van der Waals surface area contributed by atoms with Crippen molar-refractivity contribution in [2.24, 2.45) is 17.9 Å². The molecule has 3 rings (SSSR count). The highest BCUT2D eigenvalue weighted by atomic mass is 32.1. The number of rotatable bonds is 5. The molecule has 0 saturated carbocycles. The average molecular weight is 459 g/mol. The van der Waals surface area contributed by atoms with Crippen LogP contribution in [0.5, 0.6) is 0 Å². The second-order valence-electron chi connectivity index (χ2n) is 10.9. The number of anilines is 1. The Morgan fingerprint density at radius 1 is 1.25 bits per heavy atom. The monoisotopic (exact) mass is 458 g/mol. The Hall–Kier alpha value is -2.48. The Morgan fingerprint density at radius 2 is 1.94 bits per heavy atom. The topological polar surface area (TPSA) is 87.0 Å². The summed E-state index contributed by atoms with van der Waals surface area (Å²) in [5.41, 5.74) is 1.51. The number of fused-ring (bicyclic) bond motifs is 1. The Morgan fingerprint density at radius 3 is 2.56 bits per heavy atom. The molecule has 0 aliphatic carbocycles. The summed E-state index contributed by atoms with van der Waals surface area (Å²) in [6.07, 6.45) is 1.94. The highest BCUT2D eigenvalue weighted by Gasteiger charge is 2.39. The zero-order valence-corrected chi connectivity index (χ0v) is 21.2. The summed E-state index contributed by atoms with van der Waals surface area (Å²) in [6.45, 7) is 15.8. The molecule has 2 amide bonds. The summed E-state index contributed by atoms with van der Waals surface area (Å²) in [7, 11) is 1.94. The molecule has 0 bridgehead atoms. The molecule has 2 unspecified atom stereocenters. The maximum atomic E-state index is 13.0. The lowest BCUT2D eigenvalue weighted by molar-refractivity contribution is -0.657. The van der Waals surface area contributed by atoms with Crippen molar-refractivity contribution in [3.05, 3.63) is 28.9 Å². The van der Waals surface area contributed by atoms with Gasteiger partial charge in [-0.15, -0.1) is 11.3 Å². The quantitative estimate of drug-likeness (QED) is 0.599. The number of aryl methyl sites for hydroxylation is 1. The lowest BCUT2D eigenvalue weighted by Crippen LogP contribution is -2.44. The lowest BCUT2D eigenvalue weighted by Gasteiger charge is -2.28. The predicted molar refractivity (Wildman–Crippen MR) is 129 cm³/mol. The summed E-state index contributed by atoms with van der Waals surface area (Å²) in [5.74, 6) is 0.418. The second-order valence-corrected chi connectivity index (χ2v) is 12.0.